The molecule has 0 saturated heterocycles. The molecule has 0 aromatic heterocycles. The van der Waals surface area contributed by atoms with E-state index in [0.717, 1.165) is 19.5 Å². The Kier molecular flexibility index (Phi) is 7.80. The van der Waals surface area contributed by atoms with E-state index in [0.29, 0.717) is 5.04 Å². The van der Waals surface area contributed by atoms with Crippen LogP contribution in [0.2, 0.25) is 49.4 Å². The highest BCUT2D eigenvalue weighted by Crippen LogP contribution is 2.49. The third kappa shape index (κ3) is 5.94. The Balaban J connectivity index is 4.89. The fourth-order valence-corrected chi connectivity index (χ4v) is 12.1. The first-order valence-electron chi connectivity index (χ1n) is 7.68. The maximum Gasteiger partial charge on any atom is 0.0572 e. The Hall–Kier alpha value is 0.0938. The van der Waals surface area contributed by atoms with Crippen LogP contribution < -0.4 is 11.5 Å². The average Bonchev–Trinajstić information content (AvgIpc) is 2.33. The van der Waals surface area contributed by atoms with Crippen molar-refractivity contribution in [3.05, 3.63) is 12.7 Å². The third-order valence-corrected chi connectivity index (χ3v) is 13.7. The predicted molar refractivity (Wildman–Crippen MR) is 95.3 cm³/mol. The lowest BCUT2D eigenvalue weighted by Crippen LogP contribution is -2.44. The van der Waals surface area contributed by atoms with Crippen LogP contribution >= 0.6 is 0 Å². The van der Waals surface area contributed by atoms with Crippen molar-refractivity contribution < 1.29 is 0 Å². The average molecular weight is 301 g/mol. The van der Waals surface area contributed by atoms with Crippen LogP contribution in [0.1, 0.15) is 19.8 Å². The Morgan fingerprint density at radius 3 is 1.89 bits per heavy atom. The van der Waals surface area contributed by atoms with Crippen molar-refractivity contribution >= 4 is 16.1 Å². The van der Waals surface area contributed by atoms with Crippen molar-refractivity contribution in [2.45, 2.75) is 69.1 Å². The van der Waals surface area contributed by atoms with Crippen molar-refractivity contribution in [2.24, 2.45) is 11.5 Å². The van der Waals surface area contributed by atoms with Gasteiger partial charge in [0.05, 0.1) is 8.07 Å². The van der Waals surface area contributed by atoms with Crippen LogP contribution in [-0.4, -0.2) is 29.2 Å². The molecular formula is C15H36N2Si2. The van der Waals surface area contributed by atoms with Gasteiger partial charge >= 0.3 is 0 Å². The van der Waals surface area contributed by atoms with Gasteiger partial charge in [-0.25, -0.2) is 0 Å². The molecule has 1 unspecified atom stereocenters. The SMILES string of the molecule is C=CC(C)(C[Si](C)(C)CCCN)[Si](C)(C)CCCN. The minimum atomic E-state index is -1.32. The molecule has 0 saturated carbocycles. The summed E-state index contributed by atoms with van der Waals surface area (Å²) in [5.74, 6) is 0. The largest absolute Gasteiger partial charge is 0.330 e. The summed E-state index contributed by atoms with van der Waals surface area (Å²) in [5, 5.41) is 0.340. The van der Waals surface area contributed by atoms with Crippen molar-refractivity contribution in [3.63, 3.8) is 0 Å². The third-order valence-electron chi connectivity index (χ3n) is 4.91. The first-order valence-corrected chi connectivity index (χ1v) is 14.3. The smallest absolute Gasteiger partial charge is 0.0572 e. The zero-order valence-electron chi connectivity index (χ0n) is 13.9. The monoisotopic (exact) mass is 300 g/mol. The number of hydrogen-bond donors (Lipinski definition) is 2. The molecule has 2 nitrogen and oxygen atoms in total. The highest BCUT2D eigenvalue weighted by atomic mass is 28.3. The zero-order valence-corrected chi connectivity index (χ0v) is 15.9. The molecule has 114 valence electrons. The molecule has 0 fully saturated rings. The second-order valence-electron chi connectivity index (χ2n) is 7.63. The van der Waals surface area contributed by atoms with Crippen molar-refractivity contribution in [3.8, 4) is 0 Å². The maximum absolute atomic E-state index is 5.70. The van der Waals surface area contributed by atoms with E-state index < -0.39 is 16.1 Å². The lowest BCUT2D eigenvalue weighted by molar-refractivity contribution is 0.758. The highest BCUT2D eigenvalue weighted by molar-refractivity contribution is 6.85. The fourth-order valence-electron chi connectivity index (χ4n) is 3.08. The summed E-state index contributed by atoms with van der Waals surface area (Å²) in [4.78, 5) is 0. The summed E-state index contributed by atoms with van der Waals surface area (Å²) < 4.78 is 0. The van der Waals surface area contributed by atoms with Gasteiger partial charge in [0.25, 0.3) is 0 Å². The van der Waals surface area contributed by atoms with Crippen LogP contribution in [0.5, 0.6) is 0 Å². The number of allylic oxidation sites excluding steroid dienone is 1. The molecule has 4 N–H and O–H groups in total. The van der Waals surface area contributed by atoms with Crippen LogP contribution in [0.25, 0.3) is 0 Å². The van der Waals surface area contributed by atoms with E-state index in [1.54, 1.807) is 0 Å². The van der Waals surface area contributed by atoms with Gasteiger partial charge in [0.15, 0.2) is 0 Å². The predicted octanol–water partition coefficient (Wildman–Crippen LogP) is 4.05. The molecule has 0 spiro atoms. The second-order valence-corrected chi connectivity index (χ2v) is 18.2. The topological polar surface area (TPSA) is 52.0 Å². The molecule has 0 aliphatic heterocycles. The normalized spacial score (nSPS) is 16.2. The van der Waals surface area contributed by atoms with Gasteiger partial charge in [0.1, 0.15) is 0 Å². The van der Waals surface area contributed by atoms with Gasteiger partial charge in [-0.05, 0) is 31.0 Å². The standard InChI is InChI=1S/C15H36N2Si2/c1-7-15(2,19(5,6)13-9-11-17)14-18(3,4)12-8-10-16/h7H,1,8-14,16-17H2,2-6H3. The molecular weight excluding hydrogens is 264 g/mol. The first-order chi connectivity index (χ1) is 8.64. The Morgan fingerprint density at radius 2 is 1.47 bits per heavy atom. The summed E-state index contributed by atoms with van der Waals surface area (Å²) in [6.07, 6.45) is 4.59. The van der Waals surface area contributed by atoms with Gasteiger partial charge in [0.2, 0.25) is 0 Å². The number of rotatable bonds is 10. The molecule has 19 heavy (non-hydrogen) atoms. The molecule has 0 aromatic rings. The van der Waals surface area contributed by atoms with Crippen molar-refractivity contribution in [1.82, 2.24) is 0 Å². The minimum Gasteiger partial charge on any atom is -0.330 e. The van der Waals surface area contributed by atoms with Gasteiger partial charge < -0.3 is 11.5 Å². The molecule has 0 aliphatic rings. The van der Waals surface area contributed by atoms with Crippen LogP contribution in [0, 0.1) is 0 Å². The lowest BCUT2D eigenvalue weighted by Gasteiger charge is -2.45. The van der Waals surface area contributed by atoms with Crippen molar-refractivity contribution in [1.29, 1.82) is 0 Å². The second kappa shape index (κ2) is 7.76. The number of nitrogens with two attached hydrogens (primary N) is 2. The molecule has 0 bridgehead atoms. The van der Waals surface area contributed by atoms with Gasteiger partial charge in [0, 0.05) is 8.07 Å². The Labute approximate surface area is 123 Å². The fraction of sp³-hybridized carbons (Fsp3) is 0.867. The van der Waals surface area contributed by atoms with E-state index in [-0.39, 0.29) is 0 Å². The summed E-state index contributed by atoms with van der Waals surface area (Å²) in [6, 6.07) is 4.01. The van der Waals surface area contributed by atoms with Gasteiger partial charge in [-0.2, -0.15) is 0 Å². The van der Waals surface area contributed by atoms with E-state index in [1.165, 1.54) is 24.6 Å². The number of hydrogen-bond acceptors (Lipinski definition) is 2. The molecule has 4 heteroatoms. The summed E-state index contributed by atoms with van der Waals surface area (Å²) in [7, 11) is -2.50. The minimum absolute atomic E-state index is 0.340. The molecule has 0 aliphatic carbocycles. The van der Waals surface area contributed by atoms with Crippen LogP contribution in [0.4, 0.5) is 0 Å². The van der Waals surface area contributed by atoms with Crippen LogP contribution in [0.3, 0.4) is 0 Å². The van der Waals surface area contributed by atoms with E-state index in [1.807, 2.05) is 0 Å². The van der Waals surface area contributed by atoms with E-state index >= 15 is 0 Å². The molecule has 0 rings (SSSR count). The van der Waals surface area contributed by atoms with E-state index in [4.69, 9.17) is 11.5 Å². The summed E-state index contributed by atoms with van der Waals surface area (Å²) in [5.41, 5.74) is 11.4. The summed E-state index contributed by atoms with van der Waals surface area (Å²) >= 11 is 0. The highest BCUT2D eigenvalue weighted by Gasteiger charge is 2.43. The van der Waals surface area contributed by atoms with Crippen LogP contribution in [-0.2, 0) is 0 Å². The van der Waals surface area contributed by atoms with Crippen molar-refractivity contribution in [2.75, 3.05) is 13.1 Å². The van der Waals surface area contributed by atoms with Crippen LogP contribution in [0.15, 0.2) is 12.7 Å². The zero-order chi connectivity index (χ0) is 15.2. The molecule has 0 heterocycles. The molecule has 1 atom stereocenters. The van der Waals surface area contributed by atoms with Gasteiger partial charge in [-0.1, -0.05) is 57.3 Å². The van der Waals surface area contributed by atoms with E-state index in [9.17, 15) is 0 Å². The maximum atomic E-state index is 5.70. The van der Waals surface area contributed by atoms with Gasteiger partial charge in [-0.15, -0.1) is 6.58 Å². The quantitative estimate of drug-likeness (QED) is 0.472. The summed E-state index contributed by atoms with van der Waals surface area (Å²) in [6.45, 7) is 18.3. The van der Waals surface area contributed by atoms with E-state index in [2.05, 4.69) is 45.8 Å². The molecule has 0 radical (unpaired) electrons. The Bertz CT molecular complexity index is 277. The van der Waals surface area contributed by atoms with Gasteiger partial charge in [-0.3, -0.25) is 0 Å². The first kappa shape index (κ1) is 19.1. The molecule has 0 amide bonds. The molecule has 0 aromatic carbocycles. The Morgan fingerprint density at radius 1 is 1.00 bits per heavy atom. The lowest BCUT2D eigenvalue weighted by atomic mass is 10.2.